The lowest BCUT2D eigenvalue weighted by Crippen LogP contribution is -2.46. The summed E-state index contributed by atoms with van der Waals surface area (Å²) in [7, 11) is -1.16. The molecule has 1 amide bonds. The van der Waals surface area contributed by atoms with Crippen LogP contribution in [0.2, 0.25) is 25.7 Å². The average molecular weight is 534 g/mol. The van der Waals surface area contributed by atoms with Crippen molar-refractivity contribution in [2.24, 2.45) is 10.7 Å². The molecule has 38 heavy (non-hydrogen) atoms. The number of carbonyl (C=O) groups is 1. The molecular weight excluding hydrogens is 498 g/mol. The van der Waals surface area contributed by atoms with Crippen LogP contribution in [0.5, 0.6) is 0 Å². The fraction of sp³-hybridized carbons (Fsp3) is 0.393. The molecule has 2 aromatic rings. The quantitative estimate of drug-likeness (QED) is 0.378. The first-order valence-electron chi connectivity index (χ1n) is 12.9. The molecule has 0 saturated heterocycles. The predicted molar refractivity (Wildman–Crippen MR) is 150 cm³/mol. The minimum atomic E-state index is -1.16. The maximum atomic E-state index is 13.2. The number of nitrogens with two attached hydrogens (primary N) is 1. The van der Waals surface area contributed by atoms with Crippen LogP contribution in [-0.2, 0) is 27.9 Å². The Kier molecular flexibility index (Phi) is 7.02. The van der Waals surface area contributed by atoms with E-state index >= 15 is 0 Å². The number of pyridine rings is 1. The lowest BCUT2D eigenvalue weighted by Gasteiger charge is -2.32. The third kappa shape index (κ3) is 5.32. The number of amides is 1. The van der Waals surface area contributed by atoms with Crippen LogP contribution in [0.15, 0.2) is 70.2 Å². The summed E-state index contributed by atoms with van der Waals surface area (Å²) in [4.78, 5) is 31.5. The number of carbonyl (C=O) groups excluding carboxylic acids is 1. The second-order valence-electron chi connectivity index (χ2n) is 11.4. The standard InChI is InChI=1S/C28H35N5O4Si/c1-38(2,3)13-12-36-19-32-11-10-23-25(30-18-31-26(23)32)22-8-9-24(34)33(16-22)28(17-37-27(29)35)14-20-6-4-5-7-21(20)15-28/h4-11,16,18,26H,12-15,17,19H2,1-3H3,(H2,29,35)(H,30,31). The van der Waals surface area contributed by atoms with Gasteiger partial charge in [0.25, 0.3) is 5.56 Å². The van der Waals surface area contributed by atoms with Crippen LogP contribution in [0.25, 0.3) is 5.70 Å². The smallest absolute Gasteiger partial charge is 0.404 e. The molecule has 10 heteroatoms. The summed E-state index contributed by atoms with van der Waals surface area (Å²) >= 11 is 0. The summed E-state index contributed by atoms with van der Waals surface area (Å²) in [6, 6.07) is 12.6. The van der Waals surface area contributed by atoms with E-state index in [-0.39, 0.29) is 18.3 Å². The summed E-state index contributed by atoms with van der Waals surface area (Å²) < 4.78 is 13.0. The summed E-state index contributed by atoms with van der Waals surface area (Å²) in [6.07, 6.45) is 7.66. The molecule has 0 bridgehead atoms. The number of aromatic nitrogens is 1. The van der Waals surface area contributed by atoms with Gasteiger partial charge < -0.3 is 30.0 Å². The molecule has 2 aliphatic heterocycles. The highest BCUT2D eigenvalue weighted by atomic mass is 28.3. The monoisotopic (exact) mass is 533 g/mol. The van der Waals surface area contributed by atoms with Crippen molar-refractivity contribution < 1.29 is 14.3 Å². The van der Waals surface area contributed by atoms with Crippen molar-refractivity contribution in [3.05, 3.63) is 87.5 Å². The first-order valence-corrected chi connectivity index (χ1v) is 16.6. The van der Waals surface area contributed by atoms with E-state index in [9.17, 15) is 9.59 Å². The summed E-state index contributed by atoms with van der Waals surface area (Å²) in [5.41, 5.74) is 9.39. The van der Waals surface area contributed by atoms with E-state index in [1.807, 2.05) is 48.8 Å². The highest BCUT2D eigenvalue weighted by Gasteiger charge is 2.41. The van der Waals surface area contributed by atoms with E-state index in [1.165, 1.54) is 0 Å². The molecule has 0 radical (unpaired) electrons. The highest BCUT2D eigenvalue weighted by molar-refractivity contribution is 6.76. The fourth-order valence-corrected chi connectivity index (χ4v) is 6.05. The summed E-state index contributed by atoms with van der Waals surface area (Å²) in [6.45, 7) is 8.22. The van der Waals surface area contributed by atoms with Crippen molar-refractivity contribution in [1.82, 2.24) is 14.8 Å². The number of hydrogen-bond donors (Lipinski definition) is 2. The maximum absolute atomic E-state index is 13.2. The Hall–Kier alpha value is -3.63. The molecule has 3 heterocycles. The molecule has 3 aliphatic rings. The largest absolute Gasteiger partial charge is 0.447 e. The van der Waals surface area contributed by atoms with E-state index in [0.717, 1.165) is 40.6 Å². The van der Waals surface area contributed by atoms with Crippen LogP contribution in [0, 0.1) is 0 Å². The second kappa shape index (κ2) is 10.3. The van der Waals surface area contributed by atoms with Crippen LogP contribution in [0.4, 0.5) is 4.79 Å². The molecule has 3 N–H and O–H groups in total. The topological polar surface area (TPSA) is 111 Å². The number of primary amides is 1. The van der Waals surface area contributed by atoms with E-state index in [1.54, 1.807) is 17.0 Å². The number of aliphatic imine (C=N–C) groups is 1. The molecule has 0 fully saturated rings. The van der Waals surface area contributed by atoms with Gasteiger partial charge in [-0.25, -0.2) is 9.79 Å². The molecular formula is C28H35N5O4Si. The Labute approximate surface area is 223 Å². The van der Waals surface area contributed by atoms with Gasteiger partial charge in [-0.15, -0.1) is 0 Å². The molecule has 0 spiro atoms. The van der Waals surface area contributed by atoms with Gasteiger partial charge in [0.15, 0.2) is 6.17 Å². The van der Waals surface area contributed by atoms with Crippen molar-refractivity contribution in [2.45, 2.75) is 50.2 Å². The molecule has 9 nitrogen and oxygen atoms in total. The molecule has 5 rings (SSSR count). The average Bonchev–Trinajstić information content (AvgIpc) is 3.47. The number of nitrogens with one attached hydrogen (secondary N) is 1. The van der Waals surface area contributed by atoms with Crippen molar-refractivity contribution in [3.8, 4) is 0 Å². The van der Waals surface area contributed by atoms with Crippen LogP contribution >= 0.6 is 0 Å². The van der Waals surface area contributed by atoms with Gasteiger partial charge in [0.2, 0.25) is 0 Å². The van der Waals surface area contributed by atoms with Gasteiger partial charge in [-0.3, -0.25) is 4.79 Å². The molecule has 1 aromatic heterocycles. The van der Waals surface area contributed by atoms with Crippen molar-refractivity contribution in [1.29, 1.82) is 0 Å². The predicted octanol–water partition coefficient (Wildman–Crippen LogP) is 3.25. The number of ether oxygens (including phenoxy) is 2. The number of rotatable bonds is 9. The van der Waals surface area contributed by atoms with Gasteiger partial charge in [-0.05, 0) is 29.3 Å². The second-order valence-corrected chi connectivity index (χ2v) is 17.0. The van der Waals surface area contributed by atoms with Crippen LogP contribution in [0.3, 0.4) is 0 Å². The van der Waals surface area contributed by atoms with Gasteiger partial charge >= 0.3 is 6.09 Å². The molecule has 1 atom stereocenters. The molecule has 1 unspecified atom stereocenters. The lowest BCUT2D eigenvalue weighted by atomic mass is 9.95. The summed E-state index contributed by atoms with van der Waals surface area (Å²) in [5, 5.41) is 3.29. The zero-order chi connectivity index (χ0) is 26.9. The molecule has 0 saturated carbocycles. The minimum Gasteiger partial charge on any atom is -0.447 e. The number of hydrogen-bond acceptors (Lipinski definition) is 7. The van der Waals surface area contributed by atoms with Gasteiger partial charge in [0.05, 0.1) is 17.6 Å². The fourth-order valence-electron chi connectivity index (χ4n) is 5.30. The molecule has 1 aromatic carbocycles. The zero-order valence-electron chi connectivity index (χ0n) is 22.1. The van der Waals surface area contributed by atoms with Crippen molar-refractivity contribution in [2.75, 3.05) is 19.9 Å². The highest BCUT2D eigenvalue weighted by Crippen LogP contribution is 2.36. The van der Waals surface area contributed by atoms with Gasteiger partial charge in [-0.1, -0.05) is 43.9 Å². The summed E-state index contributed by atoms with van der Waals surface area (Å²) in [5.74, 6) is 0. The third-order valence-electron chi connectivity index (χ3n) is 7.34. The van der Waals surface area contributed by atoms with Crippen LogP contribution in [-0.4, -0.2) is 56.1 Å². The van der Waals surface area contributed by atoms with Crippen molar-refractivity contribution in [3.63, 3.8) is 0 Å². The maximum Gasteiger partial charge on any atom is 0.404 e. The Bertz CT molecular complexity index is 1350. The zero-order valence-corrected chi connectivity index (χ0v) is 23.1. The minimum absolute atomic E-state index is 0.00618. The number of nitrogens with zero attached hydrogens (tertiary/aromatic N) is 3. The Morgan fingerprint density at radius 2 is 1.92 bits per heavy atom. The van der Waals surface area contributed by atoms with Gasteiger partial charge in [0, 0.05) is 57.1 Å². The number of fused-ring (bicyclic) bond motifs is 2. The Balaban J connectivity index is 1.43. The van der Waals surface area contributed by atoms with Crippen LogP contribution in [0.1, 0.15) is 16.7 Å². The lowest BCUT2D eigenvalue weighted by molar-refractivity contribution is 0.0532. The third-order valence-corrected chi connectivity index (χ3v) is 9.04. The first kappa shape index (κ1) is 26.0. The Morgan fingerprint density at radius 1 is 1.18 bits per heavy atom. The van der Waals surface area contributed by atoms with Gasteiger partial charge in [-0.2, -0.15) is 0 Å². The Morgan fingerprint density at radius 3 is 2.61 bits per heavy atom. The van der Waals surface area contributed by atoms with Gasteiger partial charge in [0.1, 0.15) is 13.3 Å². The van der Waals surface area contributed by atoms with Crippen molar-refractivity contribution >= 4 is 26.2 Å². The van der Waals surface area contributed by atoms with Crippen LogP contribution < -0.4 is 16.6 Å². The molecule has 1 aliphatic carbocycles. The number of benzene rings is 1. The first-order chi connectivity index (χ1) is 18.2. The van der Waals surface area contributed by atoms with E-state index in [4.69, 9.17) is 15.2 Å². The normalized spacial score (nSPS) is 19.3. The SMILES string of the molecule is C[Si](C)(C)CCOCN1C=CC2=C(c3ccc(=O)n(C4(COC(N)=O)Cc5ccccc5C4)c3)NC=NC21. The molecule has 200 valence electrons. The van der Waals surface area contributed by atoms with E-state index < -0.39 is 19.7 Å². The van der Waals surface area contributed by atoms with E-state index in [2.05, 4.69) is 34.9 Å². The van der Waals surface area contributed by atoms with E-state index in [0.29, 0.717) is 19.6 Å².